The lowest BCUT2D eigenvalue weighted by Crippen LogP contribution is -2.40. The average Bonchev–Trinajstić information content (AvgIpc) is 2.41. The van der Waals surface area contributed by atoms with E-state index in [4.69, 9.17) is 0 Å². The van der Waals surface area contributed by atoms with Crippen molar-refractivity contribution in [3.8, 4) is 0 Å². The number of carbonyl (C=O) groups excluding carboxylic acids is 1. The van der Waals surface area contributed by atoms with Crippen molar-refractivity contribution < 1.29 is 9.18 Å². The summed E-state index contributed by atoms with van der Waals surface area (Å²) >= 11 is 6.86. The van der Waals surface area contributed by atoms with Crippen molar-refractivity contribution in [2.45, 2.75) is 24.6 Å². The summed E-state index contributed by atoms with van der Waals surface area (Å²) in [6.07, 6.45) is 1.93. The summed E-state index contributed by atoms with van der Waals surface area (Å²) in [5, 5.41) is 0. The van der Waals surface area contributed by atoms with Crippen molar-refractivity contribution in [2.75, 3.05) is 13.1 Å². The van der Waals surface area contributed by atoms with E-state index >= 15 is 0 Å². The minimum Gasteiger partial charge on any atom is -0.339 e. The van der Waals surface area contributed by atoms with Crippen LogP contribution < -0.4 is 0 Å². The van der Waals surface area contributed by atoms with Gasteiger partial charge in [-0.1, -0.05) is 38.8 Å². The number of halogens is 3. The molecule has 0 aromatic heterocycles. The van der Waals surface area contributed by atoms with Crippen LogP contribution in [0.25, 0.3) is 0 Å². The fraction of sp³-hybridized carbons (Fsp3) is 0.500. The number of amides is 1. The lowest BCUT2D eigenvalue weighted by Gasteiger charge is -2.33. The third-order valence-corrected chi connectivity index (χ3v) is 4.88. The van der Waals surface area contributed by atoms with E-state index in [0.29, 0.717) is 23.8 Å². The Kier molecular flexibility index (Phi) is 5.01. The first-order valence-corrected chi connectivity index (χ1v) is 8.08. The van der Waals surface area contributed by atoms with E-state index < -0.39 is 5.82 Å². The highest BCUT2D eigenvalue weighted by Gasteiger charge is 2.27. The number of benzene rings is 1. The Labute approximate surface area is 129 Å². The van der Waals surface area contributed by atoms with Gasteiger partial charge in [0.15, 0.2) is 0 Å². The average molecular weight is 393 g/mol. The predicted octanol–water partition coefficient (Wildman–Crippen LogP) is 4.22. The Hall–Kier alpha value is -0.420. The zero-order valence-corrected chi connectivity index (χ0v) is 13.9. The van der Waals surface area contributed by atoms with Crippen LogP contribution in [0.4, 0.5) is 4.39 Å². The molecule has 1 fully saturated rings. The van der Waals surface area contributed by atoms with E-state index in [1.54, 1.807) is 17.0 Å². The summed E-state index contributed by atoms with van der Waals surface area (Å²) in [6.45, 7) is 3.53. The first-order chi connectivity index (χ1) is 8.99. The molecule has 0 bridgehead atoms. The largest absolute Gasteiger partial charge is 0.339 e. The van der Waals surface area contributed by atoms with Gasteiger partial charge in [0.1, 0.15) is 5.82 Å². The number of hydrogen-bond acceptors (Lipinski definition) is 1. The van der Waals surface area contributed by atoms with Crippen molar-refractivity contribution in [1.82, 2.24) is 4.90 Å². The van der Waals surface area contributed by atoms with Crippen LogP contribution in [0.5, 0.6) is 0 Å². The Morgan fingerprint density at radius 2 is 2.05 bits per heavy atom. The van der Waals surface area contributed by atoms with Gasteiger partial charge >= 0.3 is 0 Å². The highest BCUT2D eigenvalue weighted by atomic mass is 79.9. The van der Waals surface area contributed by atoms with Crippen molar-refractivity contribution in [3.63, 3.8) is 0 Å². The van der Waals surface area contributed by atoms with Crippen molar-refractivity contribution in [2.24, 2.45) is 5.92 Å². The number of carbonyl (C=O) groups is 1. The molecule has 1 atom stereocenters. The highest BCUT2D eigenvalue weighted by Crippen LogP contribution is 2.26. The Bertz CT molecular complexity index is 471. The van der Waals surface area contributed by atoms with Crippen molar-refractivity contribution in [1.29, 1.82) is 0 Å². The van der Waals surface area contributed by atoms with Crippen LogP contribution in [0, 0.1) is 11.7 Å². The smallest absolute Gasteiger partial charge is 0.256 e. The van der Waals surface area contributed by atoms with Crippen molar-refractivity contribution >= 4 is 37.8 Å². The van der Waals surface area contributed by atoms with Crippen LogP contribution in [-0.4, -0.2) is 28.7 Å². The summed E-state index contributed by atoms with van der Waals surface area (Å²) in [4.78, 5) is 14.5. The molecule has 0 N–H and O–H groups in total. The number of nitrogens with zero attached hydrogens (tertiary/aromatic N) is 1. The van der Waals surface area contributed by atoms with Crippen molar-refractivity contribution in [3.05, 3.63) is 34.1 Å². The summed E-state index contributed by atoms with van der Waals surface area (Å²) in [5.74, 6) is -0.0694. The van der Waals surface area contributed by atoms with Gasteiger partial charge in [0.05, 0.1) is 5.56 Å². The fourth-order valence-electron chi connectivity index (χ4n) is 2.39. The maximum atomic E-state index is 13.7. The number of piperidine rings is 1. The molecule has 5 heteroatoms. The number of alkyl halides is 1. The fourth-order valence-corrected chi connectivity index (χ4v) is 3.28. The third-order valence-electron chi connectivity index (χ3n) is 3.64. The zero-order valence-electron chi connectivity index (χ0n) is 10.7. The minimum absolute atomic E-state index is 0.153. The van der Waals surface area contributed by atoms with Crippen LogP contribution in [0.3, 0.4) is 0 Å². The van der Waals surface area contributed by atoms with Gasteiger partial charge in [-0.15, -0.1) is 0 Å². The van der Waals surface area contributed by atoms with E-state index in [1.807, 2.05) is 0 Å². The number of hydrogen-bond donors (Lipinski definition) is 0. The second-order valence-electron chi connectivity index (χ2n) is 4.93. The zero-order chi connectivity index (χ0) is 14.0. The standard InChI is InChI=1S/C14H16Br2FNO/c1-9(15)10-4-6-18(7-5-10)14(19)12-8-11(16)2-3-13(12)17/h2-3,8-10H,4-7H2,1H3. The molecule has 0 saturated carbocycles. The third kappa shape index (κ3) is 3.57. The van der Waals surface area contributed by atoms with E-state index in [-0.39, 0.29) is 11.5 Å². The molecule has 0 aliphatic carbocycles. The summed E-state index contributed by atoms with van der Waals surface area (Å²) in [5.41, 5.74) is 0.153. The van der Waals surface area contributed by atoms with E-state index in [1.165, 1.54) is 6.07 Å². The molecule has 0 radical (unpaired) electrons. The van der Waals surface area contributed by atoms with E-state index in [0.717, 1.165) is 17.3 Å². The van der Waals surface area contributed by atoms with Crippen LogP contribution in [-0.2, 0) is 0 Å². The molecule has 1 unspecified atom stereocenters. The van der Waals surface area contributed by atoms with E-state index in [9.17, 15) is 9.18 Å². The molecule has 1 saturated heterocycles. The molecule has 1 heterocycles. The van der Waals surface area contributed by atoms with Gasteiger partial charge in [0.2, 0.25) is 0 Å². The minimum atomic E-state index is -0.454. The van der Waals surface area contributed by atoms with Crippen LogP contribution in [0.2, 0.25) is 0 Å². The van der Waals surface area contributed by atoms with Gasteiger partial charge in [-0.3, -0.25) is 4.79 Å². The topological polar surface area (TPSA) is 20.3 Å². The molecule has 104 valence electrons. The number of rotatable bonds is 2. The molecule has 19 heavy (non-hydrogen) atoms. The van der Waals surface area contributed by atoms with E-state index in [2.05, 4.69) is 38.8 Å². The molecule has 2 nitrogen and oxygen atoms in total. The molecular formula is C14H16Br2FNO. The van der Waals surface area contributed by atoms with Gasteiger partial charge in [0.25, 0.3) is 5.91 Å². The van der Waals surface area contributed by atoms with Crippen LogP contribution in [0.15, 0.2) is 22.7 Å². The molecule has 0 spiro atoms. The summed E-state index contributed by atoms with van der Waals surface area (Å²) in [7, 11) is 0. The first kappa shape index (κ1) is 15.0. The monoisotopic (exact) mass is 391 g/mol. The quantitative estimate of drug-likeness (QED) is 0.690. The maximum Gasteiger partial charge on any atom is 0.256 e. The molecule has 1 aliphatic rings. The van der Waals surface area contributed by atoms with Gasteiger partial charge < -0.3 is 4.90 Å². The molecule has 2 rings (SSSR count). The molecule has 1 aromatic rings. The Morgan fingerprint density at radius 3 is 2.63 bits per heavy atom. The second kappa shape index (κ2) is 6.35. The Morgan fingerprint density at radius 1 is 1.42 bits per heavy atom. The first-order valence-electron chi connectivity index (χ1n) is 6.37. The highest BCUT2D eigenvalue weighted by molar-refractivity contribution is 9.10. The normalized spacial score (nSPS) is 18.4. The Balaban J connectivity index is 2.07. The lowest BCUT2D eigenvalue weighted by molar-refractivity contribution is 0.0686. The number of likely N-dealkylation sites (tertiary alicyclic amines) is 1. The maximum absolute atomic E-state index is 13.7. The van der Waals surface area contributed by atoms with Gasteiger partial charge in [-0.25, -0.2) is 4.39 Å². The van der Waals surface area contributed by atoms with Gasteiger partial charge in [-0.05, 0) is 37.0 Å². The molecule has 1 aromatic carbocycles. The molecule has 1 amide bonds. The second-order valence-corrected chi connectivity index (χ2v) is 7.29. The molecule has 1 aliphatic heterocycles. The summed E-state index contributed by atoms with van der Waals surface area (Å²) < 4.78 is 14.4. The summed E-state index contributed by atoms with van der Waals surface area (Å²) in [6, 6.07) is 4.48. The van der Waals surface area contributed by atoms with Gasteiger partial charge in [-0.2, -0.15) is 0 Å². The van der Waals surface area contributed by atoms with Crippen LogP contribution in [0.1, 0.15) is 30.1 Å². The SMILES string of the molecule is CC(Br)C1CCN(C(=O)c2cc(Br)ccc2F)CC1. The molecular weight excluding hydrogens is 377 g/mol. The van der Waals surface area contributed by atoms with Gasteiger partial charge in [0, 0.05) is 22.4 Å². The lowest BCUT2D eigenvalue weighted by atomic mass is 9.94. The predicted molar refractivity (Wildman–Crippen MR) is 81.1 cm³/mol. The van der Waals surface area contributed by atoms with Crippen LogP contribution >= 0.6 is 31.9 Å².